The molecule has 11 heteroatoms. The molecule has 1 N–H and O–H groups in total. The number of carbonyl (C=O) groups excluding carboxylic acids is 2. The van der Waals surface area contributed by atoms with Crippen molar-refractivity contribution < 1.29 is 24.0 Å². The van der Waals surface area contributed by atoms with Gasteiger partial charge in [0.25, 0.3) is 0 Å². The van der Waals surface area contributed by atoms with E-state index >= 15 is 0 Å². The molecule has 1 saturated heterocycles. The molecule has 0 spiro atoms. The minimum Gasteiger partial charge on any atom is -0.466 e. The van der Waals surface area contributed by atoms with Crippen LogP contribution in [-0.2, 0) is 14.3 Å². The molecule has 3 rings (SSSR count). The molecule has 32 heavy (non-hydrogen) atoms. The number of esters is 2. The largest absolute Gasteiger partial charge is 0.466 e. The van der Waals surface area contributed by atoms with E-state index in [1.165, 1.54) is 12.4 Å². The number of nitro groups is 1. The van der Waals surface area contributed by atoms with Crippen LogP contribution < -0.4 is 10.2 Å². The number of rotatable bonds is 8. The average Bonchev–Trinajstić information content (AvgIpc) is 2.79. The van der Waals surface area contributed by atoms with Gasteiger partial charge in [-0.15, -0.1) is 0 Å². The number of ether oxygens (including phenoxy) is 2. The van der Waals surface area contributed by atoms with Crippen LogP contribution in [0.4, 0.5) is 23.0 Å². The highest BCUT2D eigenvalue weighted by Gasteiger charge is 2.32. The van der Waals surface area contributed by atoms with Gasteiger partial charge in [0.2, 0.25) is 11.6 Å². The van der Waals surface area contributed by atoms with E-state index < -0.39 is 10.9 Å². The highest BCUT2D eigenvalue weighted by atomic mass is 16.6. The molecule has 0 saturated carbocycles. The Hall–Kier alpha value is -3.76. The average molecular weight is 443 g/mol. The second-order valence-electron chi connectivity index (χ2n) is 7.09. The van der Waals surface area contributed by atoms with Gasteiger partial charge in [-0.25, -0.2) is 14.8 Å². The molecular weight excluding hydrogens is 418 g/mol. The van der Waals surface area contributed by atoms with Crippen LogP contribution in [0.25, 0.3) is 0 Å². The number of benzene rings is 1. The summed E-state index contributed by atoms with van der Waals surface area (Å²) in [5.41, 5.74) is 0.489. The maximum Gasteiger partial charge on any atom is 0.353 e. The summed E-state index contributed by atoms with van der Waals surface area (Å²) in [5.74, 6) is -0.771. The van der Waals surface area contributed by atoms with E-state index in [0.717, 1.165) is 0 Å². The van der Waals surface area contributed by atoms with Gasteiger partial charge in [-0.2, -0.15) is 0 Å². The Kier molecular flexibility index (Phi) is 7.53. The molecule has 1 aromatic carbocycles. The van der Waals surface area contributed by atoms with Gasteiger partial charge in [0.05, 0.1) is 29.6 Å². The molecule has 0 atom stereocenters. The third-order valence-electron chi connectivity index (χ3n) is 5.04. The monoisotopic (exact) mass is 443 g/mol. The summed E-state index contributed by atoms with van der Waals surface area (Å²) in [4.78, 5) is 45.3. The Morgan fingerprint density at radius 3 is 2.56 bits per heavy atom. The van der Waals surface area contributed by atoms with Crippen molar-refractivity contribution in [3.8, 4) is 0 Å². The van der Waals surface area contributed by atoms with Crippen molar-refractivity contribution in [2.24, 2.45) is 5.92 Å². The van der Waals surface area contributed by atoms with Crippen molar-refractivity contribution in [2.45, 2.75) is 26.7 Å². The van der Waals surface area contributed by atoms with Crippen molar-refractivity contribution in [3.05, 3.63) is 46.3 Å². The van der Waals surface area contributed by atoms with Crippen LogP contribution >= 0.6 is 0 Å². The molecule has 1 fully saturated rings. The lowest BCUT2D eigenvalue weighted by Gasteiger charge is -2.31. The number of nitrogens with zero attached hydrogens (tertiary/aromatic N) is 4. The van der Waals surface area contributed by atoms with E-state index in [9.17, 15) is 19.7 Å². The van der Waals surface area contributed by atoms with Gasteiger partial charge >= 0.3 is 17.6 Å². The number of nitrogens with one attached hydrogen (secondary N) is 1. The summed E-state index contributed by atoms with van der Waals surface area (Å²) in [5, 5.41) is 14.8. The highest BCUT2D eigenvalue weighted by Crippen LogP contribution is 2.35. The minimum atomic E-state index is -0.537. The van der Waals surface area contributed by atoms with E-state index in [0.29, 0.717) is 43.8 Å². The topological polar surface area (TPSA) is 137 Å². The predicted octanol–water partition coefficient (Wildman–Crippen LogP) is 3.08. The molecule has 0 bridgehead atoms. The standard InChI is InChI=1S/C21H25N5O6/c1-3-31-20(27)14-8-10-25(11-9-14)19-17(26(29)30)18(22-13-23-19)24-16-7-5-6-15(12-16)21(28)32-4-2/h5-7,12-14H,3-4,8-11H2,1-2H3,(H,22,23,24). The molecule has 1 aromatic heterocycles. The van der Waals surface area contributed by atoms with Crippen LogP contribution in [-0.4, -0.2) is 53.1 Å². The zero-order valence-electron chi connectivity index (χ0n) is 17.9. The fourth-order valence-electron chi connectivity index (χ4n) is 3.52. The van der Waals surface area contributed by atoms with E-state index in [2.05, 4.69) is 15.3 Å². The number of hydrogen-bond acceptors (Lipinski definition) is 10. The van der Waals surface area contributed by atoms with Crippen molar-refractivity contribution in [3.63, 3.8) is 0 Å². The zero-order chi connectivity index (χ0) is 23.1. The van der Waals surface area contributed by atoms with E-state index in [-0.39, 0.29) is 35.8 Å². The van der Waals surface area contributed by atoms with Gasteiger partial charge in [0, 0.05) is 18.8 Å². The first-order valence-electron chi connectivity index (χ1n) is 10.4. The van der Waals surface area contributed by atoms with Crippen LogP contribution in [0.1, 0.15) is 37.0 Å². The van der Waals surface area contributed by atoms with Crippen LogP contribution in [0.5, 0.6) is 0 Å². The second-order valence-corrected chi connectivity index (χ2v) is 7.09. The molecule has 1 aliphatic rings. The van der Waals surface area contributed by atoms with Crippen LogP contribution in [0, 0.1) is 16.0 Å². The summed E-state index contributed by atoms with van der Waals surface area (Å²) >= 11 is 0. The van der Waals surface area contributed by atoms with Gasteiger partial charge in [-0.1, -0.05) is 6.07 Å². The Balaban J connectivity index is 1.82. The van der Waals surface area contributed by atoms with Crippen molar-refractivity contribution in [1.82, 2.24) is 9.97 Å². The number of piperidine rings is 1. The second kappa shape index (κ2) is 10.5. The molecule has 0 amide bonds. The fourth-order valence-corrected chi connectivity index (χ4v) is 3.52. The number of carbonyl (C=O) groups is 2. The number of aromatic nitrogens is 2. The normalized spacial score (nSPS) is 14.0. The zero-order valence-corrected chi connectivity index (χ0v) is 17.9. The maximum absolute atomic E-state index is 12.0. The molecule has 1 aliphatic heterocycles. The molecule has 11 nitrogen and oxygen atoms in total. The third kappa shape index (κ3) is 5.29. The van der Waals surface area contributed by atoms with Crippen molar-refractivity contribution >= 4 is 34.9 Å². The van der Waals surface area contributed by atoms with Crippen molar-refractivity contribution in [1.29, 1.82) is 0 Å². The lowest BCUT2D eigenvalue weighted by atomic mass is 9.97. The molecule has 2 heterocycles. The first-order chi connectivity index (χ1) is 15.4. The van der Waals surface area contributed by atoms with Gasteiger partial charge in [-0.3, -0.25) is 14.9 Å². The Morgan fingerprint density at radius 2 is 1.91 bits per heavy atom. The summed E-state index contributed by atoms with van der Waals surface area (Å²) in [7, 11) is 0. The Morgan fingerprint density at radius 1 is 1.19 bits per heavy atom. The third-order valence-corrected chi connectivity index (χ3v) is 5.04. The Labute approximate surface area is 184 Å². The summed E-state index contributed by atoms with van der Waals surface area (Å²) in [6, 6.07) is 6.44. The molecular formula is C21H25N5O6. The van der Waals surface area contributed by atoms with Crippen molar-refractivity contribution in [2.75, 3.05) is 36.5 Å². The Bertz CT molecular complexity index is 990. The summed E-state index contributed by atoms with van der Waals surface area (Å²) in [6.45, 7) is 4.89. The van der Waals surface area contributed by atoms with Gasteiger partial charge < -0.3 is 19.7 Å². The van der Waals surface area contributed by atoms with Gasteiger partial charge in [0.1, 0.15) is 6.33 Å². The summed E-state index contributed by atoms with van der Waals surface area (Å²) < 4.78 is 10.1. The first kappa shape index (κ1) is 22.9. The van der Waals surface area contributed by atoms with E-state index in [1.807, 2.05) is 0 Å². The van der Waals surface area contributed by atoms with Crippen LogP contribution in [0.3, 0.4) is 0 Å². The molecule has 0 radical (unpaired) electrons. The molecule has 0 aliphatic carbocycles. The number of hydrogen-bond donors (Lipinski definition) is 1. The maximum atomic E-state index is 12.0. The first-order valence-corrected chi connectivity index (χ1v) is 10.4. The highest BCUT2D eigenvalue weighted by molar-refractivity contribution is 5.91. The SMILES string of the molecule is CCOC(=O)c1cccc(Nc2ncnc(N3CCC(C(=O)OCC)CC3)c2[N+](=O)[O-])c1. The van der Waals surface area contributed by atoms with Crippen LogP contribution in [0.15, 0.2) is 30.6 Å². The minimum absolute atomic E-state index is 0.00789. The van der Waals surface area contributed by atoms with Gasteiger partial charge in [0.15, 0.2) is 0 Å². The molecule has 0 unspecified atom stereocenters. The molecule has 170 valence electrons. The van der Waals surface area contributed by atoms with E-state index in [1.54, 1.807) is 36.9 Å². The summed E-state index contributed by atoms with van der Waals surface area (Å²) in [6.07, 6.45) is 2.28. The van der Waals surface area contributed by atoms with Gasteiger partial charge in [-0.05, 0) is 44.9 Å². The smallest absolute Gasteiger partial charge is 0.353 e. The molecule has 2 aromatic rings. The van der Waals surface area contributed by atoms with E-state index in [4.69, 9.17) is 9.47 Å². The number of anilines is 3. The van der Waals surface area contributed by atoms with Crippen LogP contribution in [0.2, 0.25) is 0 Å². The lowest BCUT2D eigenvalue weighted by molar-refractivity contribution is -0.383. The fraction of sp³-hybridized carbons (Fsp3) is 0.429. The predicted molar refractivity (Wildman–Crippen MR) is 116 cm³/mol. The quantitative estimate of drug-likeness (QED) is 0.368. The lowest BCUT2D eigenvalue weighted by Crippen LogP contribution is -2.37.